The maximum Gasteiger partial charge on any atom is 0.236 e. The summed E-state index contributed by atoms with van der Waals surface area (Å²) in [6, 6.07) is 0. The molecule has 0 unspecified atom stereocenters. The average molecular weight is 222 g/mol. The quantitative estimate of drug-likeness (QED) is 0.732. The van der Waals surface area contributed by atoms with Crippen LogP contribution in [0.2, 0.25) is 0 Å². The van der Waals surface area contributed by atoms with Crippen LogP contribution in [0.4, 0.5) is 0 Å². The van der Waals surface area contributed by atoms with Gasteiger partial charge in [0.25, 0.3) is 0 Å². The summed E-state index contributed by atoms with van der Waals surface area (Å²) in [7, 11) is 1.64. The molecular formula is C13H22N2O. The number of hydrogen-bond acceptors (Lipinski definition) is 3. The SMILES string of the molecule is COc1nc(C(C)(C)C)cnc1C(C)(C)C. The monoisotopic (exact) mass is 222 g/mol. The lowest BCUT2D eigenvalue weighted by atomic mass is 9.90. The van der Waals surface area contributed by atoms with Crippen LogP contribution < -0.4 is 4.74 Å². The third-order valence-corrected chi connectivity index (χ3v) is 2.41. The lowest BCUT2D eigenvalue weighted by Gasteiger charge is -2.23. The maximum absolute atomic E-state index is 5.33. The summed E-state index contributed by atoms with van der Waals surface area (Å²) >= 11 is 0. The van der Waals surface area contributed by atoms with Crippen LogP contribution in [0.5, 0.6) is 5.88 Å². The molecule has 16 heavy (non-hydrogen) atoms. The highest BCUT2D eigenvalue weighted by Crippen LogP contribution is 2.30. The average Bonchev–Trinajstić information content (AvgIpc) is 2.14. The zero-order chi connectivity index (χ0) is 12.6. The molecular weight excluding hydrogens is 200 g/mol. The smallest absolute Gasteiger partial charge is 0.236 e. The predicted molar refractivity (Wildman–Crippen MR) is 66.0 cm³/mol. The van der Waals surface area contributed by atoms with Gasteiger partial charge in [-0.05, 0) is 0 Å². The second-order valence-corrected chi connectivity index (χ2v) is 6.11. The van der Waals surface area contributed by atoms with Gasteiger partial charge in [0.05, 0.1) is 12.8 Å². The van der Waals surface area contributed by atoms with E-state index in [4.69, 9.17) is 4.74 Å². The molecule has 1 aromatic rings. The van der Waals surface area contributed by atoms with Gasteiger partial charge in [0, 0.05) is 17.0 Å². The Morgan fingerprint density at radius 1 is 1.00 bits per heavy atom. The molecule has 0 saturated heterocycles. The van der Waals surface area contributed by atoms with E-state index < -0.39 is 0 Å². The minimum absolute atomic E-state index is 0.00328. The van der Waals surface area contributed by atoms with Gasteiger partial charge in [-0.2, -0.15) is 0 Å². The number of aromatic nitrogens is 2. The fourth-order valence-corrected chi connectivity index (χ4v) is 1.39. The second kappa shape index (κ2) is 4.04. The van der Waals surface area contributed by atoms with Crippen LogP contribution in [-0.2, 0) is 10.8 Å². The highest BCUT2D eigenvalue weighted by molar-refractivity contribution is 5.28. The van der Waals surface area contributed by atoms with E-state index in [9.17, 15) is 0 Å². The first kappa shape index (κ1) is 12.9. The van der Waals surface area contributed by atoms with Crippen molar-refractivity contribution in [3.63, 3.8) is 0 Å². The molecule has 3 heteroatoms. The van der Waals surface area contributed by atoms with Crippen molar-refractivity contribution in [3.05, 3.63) is 17.6 Å². The normalized spacial score (nSPS) is 12.7. The summed E-state index contributed by atoms with van der Waals surface area (Å²) in [6.07, 6.45) is 1.85. The number of rotatable bonds is 1. The highest BCUT2D eigenvalue weighted by atomic mass is 16.5. The summed E-state index contributed by atoms with van der Waals surface area (Å²) < 4.78 is 5.33. The van der Waals surface area contributed by atoms with Gasteiger partial charge in [0.15, 0.2) is 0 Å². The molecule has 0 aliphatic carbocycles. The molecule has 0 aromatic carbocycles. The maximum atomic E-state index is 5.33. The van der Waals surface area contributed by atoms with Gasteiger partial charge in [-0.3, -0.25) is 4.98 Å². The van der Waals surface area contributed by atoms with Crippen LogP contribution in [0.3, 0.4) is 0 Å². The van der Waals surface area contributed by atoms with Crippen LogP contribution in [0.15, 0.2) is 6.20 Å². The van der Waals surface area contributed by atoms with Gasteiger partial charge in [-0.25, -0.2) is 4.98 Å². The Labute approximate surface area is 98.3 Å². The number of nitrogens with zero attached hydrogens (tertiary/aromatic N) is 2. The Balaban J connectivity index is 3.28. The van der Waals surface area contributed by atoms with E-state index in [1.807, 2.05) is 6.20 Å². The molecule has 0 radical (unpaired) electrons. The standard InChI is InChI=1S/C13H22N2O/c1-12(2,3)9-8-14-10(13(4,5)6)11(15-9)16-7/h8H,1-7H3. The lowest BCUT2D eigenvalue weighted by molar-refractivity contribution is 0.368. The van der Waals surface area contributed by atoms with E-state index in [1.165, 1.54) is 0 Å². The van der Waals surface area contributed by atoms with Gasteiger partial charge < -0.3 is 4.74 Å². The molecule has 0 aliphatic rings. The zero-order valence-electron chi connectivity index (χ0n) is 11.4. The van der Waals surface area contributed by atoms with Crippen LogP contribution in [0, 0.1) is 0 Å². The Hall–Kier alpha value is -1.12. The summed E-state index contributed by atoms with van der Waals surface area (Å²) in [6.45, 7) is 12.7. The van der Waals surface area contributed by atoms with Crippen molar-refractivity contribution in [3.8, 4) is 5.88 Å². The van der Waals surface area contributed by atoms with Crippen LogP contribution >= 0.6 is 0 Å². The summed E-state index contributed by atoms with van der Waals surface area (Å²) in [5.41, 5.74) is 1.81. The molecule has 0 amide bonds. The third-order valence-electron chi connectivity index (χ3n) is 2.41. The molecule has 0 spiro atoms. The minimum atomic E-state index is -0.0469. The first-order chi connectivity index (χ1) is 7.16. The van der Waals surface area contributed by atoms with Crippen molar-refractivity contribution in [2.75, 3.05) is 7.11 Å². The Kier molecular flexibility index (Phi) is 3.27. The fourth-order valence-electron chi connectivity index (χ4n) is 1.39. The molecule has 1 rings (SSSR count). The van der Waals surface area contributed by atoms with Gasteiger partial charge in [0.2, 0.25) is 5.88 Å². The van der Waals surface area contributed by atoms with Crippen molar-refractivity contribution in [1.82, 2.24) is 9.97 Å². The second-order valence-electron chi connectivity index (χ2n) is 6.11. The molecule has 1 aromatic heterocycles. The molecule has 90 valence electrons. The van der Waals surface area contributed by atoms with Crippen molar-refractivity contribution >= 4 is 0 Å². The topological polar surface area (TPSA) is 35.0 Å². The lowest BCUT2D eigenvalue weighted by Crippen LogP contribution is -2.20. The largest absolute Gasteiger partial charge is 0.480 e. The molecule has 0 saturated carbocycles. The first-order valence-electron chi connectivity index (χ1n) is 5.58. The number of ether oxygens (including phenoxy) is 1. The van der Waals surface area contributed by atoms with Crippen LogP contribution in [0.1, 0.15) is 52.9 Å². The van der Waals surface area contributed by atoms with E-state index in [-0.39, 0.29) is 10.8 Å². The van der Waals surface area contributed by atoms with E-state index in [0.717, 1.165) is 11.4 Å². The van der Waals surface area contributed by atoms with Crippen molar-refractivity contribution in [2.24, 2.45) is 0 Å². The molecule has 0 N–H and O–H groups in total. The van der Waals surface area contributed by atoms with E-state index in [1.54, 1.807) is 7.11 Å². The summed E-state index contributed by atoms with van der Waals surface area (Å²) in [5.74, 6) is 0.639. The Bertz CT molecular complexity index is 372. The predicted octanol–water partition coefficient (Wildman–Crippen LogP) is 3.08. The van der Waals surface area contributed by atoms with Crippen molar-refractivity contribution in [2.45, 2.75) is 52.4 Å². The molecule has 0 atom stereocenters. The first-order valence-corrected chi connectivity index (χ1v) is 5.58. The van der Waals surface area contributed by atoms with Gasteiger partial charge in [-0.15, -0.1) is 0 Å². The molecule has 0 aliphatic heterocycles. The Morgan fingerprint density at radius 2 is 1.56 bits per heavy atom. The number of methoxy groups -OCH3 is 1. The molecule has 3 nitrogen and oxygen atoms in total. The fraction of sp³-hybridized carbons (Fsp3) is 0.692. The molecule has 0 fully saturated rings. The van der Waals surface area contributed by atoms with Gasteiger partial charge >= 0.3 is 0 Å². The summed E-state index contributed by atoms with van der Waals surface area (Å²) in [4.78, 5) is 9.04. The molecule has 0 bridgehead atoms. The summed E-state index contributed by atoms with van der Waals surface area (Å²) in [5, 5.41) is 0. The Morgan fingerprint density at radius 3 is 1.94 bits per heavy atom. The third kappa shape index (κ3) is 2.71. The van der Waals surface area contributed by atoms with Crippen LogP contribution in [0.25, 0.3) is 0 Å². The minimum Gasteiger partial charge on any atom is -0.480 e. The van der Waals surface area contributed by atoms with Crippen molar-refractivity contribution < 1.29 is 4.74 Å². The van der Waals surface area contributed by atoms with E-state index >= 15 is 0 Å². The zero-order valence-corrected chi connectivity index (χ0v) is 11.4. The van der Waals surface area contributed by atoms with Gasteiger partial charge in [-0.1, -0.05) is 41.5 Å². The van der Waals surface area contributed by atoms with Crippen LogP contribution in [-0.4, -0.2) is 17.1 Å². The number of hydrogen-bond donors (Lipinski definition) is 0. The highest BCUT2D eigenvalue weighted by Gasteiger charge is 2.24. The van der Waals surface area contributed by atoms with Crippen molar-refractivity contribution in [1.29, 1.82) is 0 Å². The van der Waals surface area contributed by atoms with E-state index in [0.29, 0.717) is 5.88 Å². The molecule has 1 heterocycles. The van der Waals surface area contributed by atoms with Gasteiger partial charge in [0.1, 0.15) is 5.69 Å². The van der Waals surface area contributed by atoms with E-state index in [2.05, 4.69) is 51.5 Å².